The van der Waals surface area contributed by atoms with Gasteiger partial charge in [0.25, 0.3) is 0 Å². The molecule has 5 rings (SSSR count). The van der Waals surface area contributed by atoms with E-state index in [1.165, 1.54) is 7.11 Å². The Morgan fingerprint density at radius 2 is 1.58 bits per heavy atom. The van der Waals surface area contributed by atoms with Crippen LogP contribution in [0.15, 0.2) is 54.6 Å². The molecular formula is C25H20N2O4. The van der Waals surface area contributed by atoms with Crippen LogP contribution in [0.3, 0.4) is 0 Å². The molecule has 6 nitrogen and oxygen atoms in total. The summed E-state index contributed by atoms with van der Waals surface area (Å²) in [5.41, 5.74) is 4.17. The molecule has 1 heterocycles. The van der Waals surface area contributed by atoms with Gasteiger partial charge in [0.2, 0.25) is 0 Å². The minimum Gasteiger partial charge on any atom is -0.478 e. The van der Waals surface area contributed by atoms with Gasteiger partial charge in [-0.25, -0.2) is 9.59 Å². The molecule has 2 N–H and O–H groups in total. The minimum absolute atomic E-state index is 0.223. The van der Waals surface area contributed by atoms with Gasteiger partial charge >= 0.3 is 11.9 Å². The monoisotopic (exact) mass is 412 g/mol. The largest absolute Gasteiger partial charge is 0.478 e. The van der Waals surface area contributed by atoms with Crippen LogP contribution in [-0.2, 0) is 4.74 Å². The average molecular weight is 412 g/mol. The van der Waals surface area contributed by atoms with Gasteiger partial charge in [-0.15, -0.1) is 0 Å². The second-order valence-electron chi connectivity index (χ2n) is 7.62. The number of methoxy groups -OCH3 is 1. The summed E-state index contributed by atoms with van der Waals surface area (Å²) in [7, 11) is 3.20. The van der Waals surface area contributed by atoms with Crippen molar-refractivity contribution in [2.45, 2.75) is 6.92 Å². The van der Waals surface area contributed by atoms with Crippen LogP contribution in [0.5, 0.6) is 0 Å². The molecule has 0 aliphatic carbocycles. The van der Waals surface area contributed by atoms with Gasteiger partial charge in [0.15, 0.2) is 0 Å². The molecule has 1 aliphatic rings. The SMILES string of the molecule is COC(=O)c1c2c(c(C)c3ccccc13)N(C)c1c(cc3ccccc3c1C(=O)O)N2. The summed E-state index contributed by atoms with van der Waals surface area (Å²) in [6.45, 7) is 1.98. The number of anilines is 4. The van der Waals surface area contributed by atoms with Crippen molar-refractivity contribution in [1.82, 2.24) is 0 Å². The lowest BCUT2D eigenvalue weighted by Gasteiger charge is -2.35. The maximum atomic E-state index is 12.8. The van der Waals surface area contributed by atoms with Crippen molar-refractivity contribution in [3.05, 3.63) is 71.3 Å². The Hall–Kier alpha value is -4.06. The van der Waals surface area contributed by atoms with Crippen molar-refractivity contribution in [3.63, 3.8) is 0 Å². The fourth-order valence-corrected chi connectivity index (χ4v) is 4.69. The van der Waals surface area contributed by atoms with Gasteiger partial charge in [0.1, 0.15) is 0 Å². The summed E-state index contributed by atoms with van der Waals surface area (Å²) >= 11 is 0. The van der Waals surface area contributed by atoms with Crippen LogP contribution >= 0.6 is 0 Å². The molecule has 1 aliphatic heterocycles. The number of carbonyl (C=O) groups excluding carboxylic acids is 1. The van der Waals surface area contributed by atoms with Crippen molar-refractivity contribution in [2.24, 2.45) is 0 Å². The van der Waals surface area contributed by atoms with Crippen molar-refractivity contribution >= 4 is 56.2 Å². The van der Waals surface area contributed by atoms with Crippen LogP contribution in [0, 0.1) is 6.92 Å². The number of aryl methyl sites for hydroxylation is 1. The third-order valence-electron chi connectivity index (χ3n) is 6.00. The minimum atomic E-state index is -1.00. The highest BCUT2D eigenvalue weighted by Crippen LogP contribution is 2.51. The summed E-state index contributed by atoms with van der Waals surface area (Å²) < 4.78 is 5.11. The van der Waals surface area contributed by atoms with Crippen molar-refractivity contribution in [1.29, 1.82) is 0 Å². The van der Waals surface area contributed by atoms with E-state index in [0.29, 0.717) is 28.0 Å². The molecule has 31 heavy (non-hydrogen) atoms. The number of aromatic carboxylic acids is 1. The third kappa shape index (κ3) is 2.58. The number of benzene rings is 4. The van der Waals surface area contributed by atoms with E-state index in [4.69, 9.17) is 4.74 Å². The molecular weight excluding hydrogens is 392 g/mol. The smallest absolute Gasteiger partial charge is 0.340 e. The number of fused-ring (bicyclic) bond motifs is 4. The molecule has 0 saturated heterocycles. The second kappa shape index (κ2) is 6.74. The number of carboxylic acids is 1. The van der Waals surface area contributed by atoms with Crippen LogP contribution < -0.4 is 10.2 Å². The fourth-order valence-electron chi connectivity index (χ4n) is 4.69. The normalized spacial score (nSPS) is 12.3. The maximum Gasteiger partial charge on any atom is 0.340 e. The van der Waals surface area contributed by atoms with Crippen LogP contribution in [-0.4, -0.2) is 31.2 Å². The maximum absolute atomic E-state index is 12.8. The molecule has 0 amide bonds. The first-order chi connectivity index (χ1) is 14.9. The zero-order valence-electron chi connectivity index (χ0n) is 17.3. The van der Waals surface area contributed by atoms with E-state index >= 15 is 0 Å². The standard InChI is InChI=1S/C25H20N2O4/c1-13-15-9-6-7-11-17(15)19(25(30)31-3)21-22(13)27(2)23-18(26-21)12-14-8-4-5-10-16(14)20(23)24(28)29/h4-12,26H,1-3H3,(H,28,29). The molecule has 0 unspecified atom stereocenters. The van der Waals surface area contributed by atoms with E-state index in [2.05, 4.69) is 5.32 Å². The van der Waals surface area contributed by atoms with E-state index in [1.54, 1.807) is 0 Å². The Morgan fingerprint density at radius 3 is 2.26 bits per heavy atom. The summed E-state index contributed by atoms with van der Waals surface area (Å²) in [6, 6.07) is 17.0. The average Bonchev–Trinajstić information content (AvgIpc) is 2.77. The molecule has 6 heteroatoms. The van der Waals surface area contributed by atoms with E-state index in [-0.39, 0.29) is 5.56 Å². The number of rotatable bonds is 2. The van der Waals surface area contributed by atoms with Gasteiger partial charge in [-0.3, -0.25) is 0 Å². The molecule has 0 spiro atoms. The summed E-state index contributed by atoms with van der Waals surface area (Å²) in [5.74, 6) is -1.45. The van der Waals surface area contributed by atoms with E-state index in [0.717, 1.165) is 27.4 Å². The highest BCUT2D eigenvalue weighted by Gasteiger charge is 2.33. The van der Waals surface area contributed by atoms with Crippen molar-refractivity contribution in [2.75, 3.05) is 24.4 Å². The first-order valence-corrected chi connectivity index (χ1v) is 9.87. The first kappa shape index (κ1) is 18.9. The Bertz CT molecular complexity index is 1420. The van der Waals surface area contributed by atoms with Gasteiger partial charge in [-0.2, -0.15) is 0 Å². The molecule has 154 valence electrons. The van der Waals surface area contributed by atoms with Gasteiger partial charge in [0, 0.05) is 7.05 Å². The lowest BCUT2D eigenvalue weighted by molar-refractivity contribution is 0.0603. The topological polar surface area (TPSA) is 78.9 Å². The third-order valence-corrected chi connectivity index (χ3v) is 6.00. The van der Waals surface area contributed by atoms with E-state index in [1.807, 2.05) is 73.5 Å². The number of carboxylic acid groups (broad SMARTS) is 1. The predicted molar refractivity (Wildman–Crippen MR) is 122 cm³/mol. The number of nitrogens with one attached hydrogen (secondary N) is 1. The van der Waals surface area contributed by atoms with Gasteiger partial charge in [-0.05, 0) is 40.1 Å². The highest BCUT2D eigenvalue weighted by molar-refractivity contribution is 6.20. The zero-order valence-corrected chi connectivity index (χ0v) is 17.3. The first-order valence-electron chi connectivity index (χ1n) is 9.87. The van der Waals surface area contributed by atoms with Gasteiger partial charge in [-0.1, -0.05) is 48.5 Å². The quantitative estimate of drug-likeness (QED) is 0.417. The molecule has 4 aromatic carbocycles. The lowest BCUT2D eigenvalue weighted by Crippen LogP contribution is -2.24. The molecule has 0 saturated carbocycles. The highest BCUT2D eigenvalue weighted by atomic mass is 16.5. The van der Waals surface area contributed by atoms with Crippen LogP contribution in [0.2, 0.25) is 0 Å². The van der Waals surface area contributed by atoms with Crippen LogP contribution in [0.25, 0.3) is 21.5 Å². The number of nitrogens with zero attached hydrogens (tertiary/aromatic N) is 1. The molecule has 0 radical (unpaired) electrons. The molecule has 4 aromatic rings. The Kier molecular flexibility index (Phi) is 4.12. The number of ether oxygens (including phenoxy) is 1. The van der Waals surface area contributed by atoms with Crippen LogP contribution in [0.4, 0.5) is 22.7 Å². The lowest BCUT2D eigenvalue weighted by atomic mass is 9.92. The Labute approximate surface area is 178 Å². The van der Waals surface area contributed by atoms with Gasteiger partial charge < -0.3 is 20.1 Å². The van der Waals surface area contributed by atoms with Crippen molar-refractivity contribution < 1.29 is 19.4 Å². The predicted octanol–water partition coefficient (Wildman–Crippen LogP) is 5.61. The number of esters is 1. The Morgan fingerprint density at radius 1 is 0.935 bits per heavy atom. The van der Waals surface area contributed by atoms with Gasteiger partial charge in [0.05, 0.1) is 41.0 Å². The number of carbonyl (C=O) groups is 2. The summed E-state index contributed by atoms with van der Waals surface area (Å²) in [5, 5.41) is 16.6. The summed E-state index contributed by atoms with van der Waals surface area (Å²) in [6.07, 6.45) is 0. The molecule has 0 bridgehead atoms. The number of hydrogen-bond acceptors (Lipinski definition) is 5. The second-order valence-corrected chi connectivity index (χ2v) is 7.62. The van der Waals surface area contributed by atoms with E-state index < -0.39 is 11.9 Å². The molecule has 0 aromatic heterocycles. The molecule has 0 fully saturated rings. The Balaban J connectivity index is 1.92. The summed E-state index contributed by atoms with van der Waals surface area (Å²) in [4.78, 5) is 27.0. The molecule has 0 atom stereocenters. The zero-order chi connectivity index (χ0) is 21.9. The van der Waals surface area contributed by atoms with E-state index in [9.17, 15) is 14.7 Å². The number of hydrogen-bond donors (Lipinski definition) is 2. The van der Waals surface area contributed by atoms with Crippen molar-refractivity contribution in [3.8, 4) is 0 Å². The van der Waals surface area contributed by atoms with Crippen LogP contribution in [0.1, 0.15) is 26.3 Å². The fraction of sp³-hybridized carbons (Fsp3) is 0.120.